The topological polar surface area (TPSA) is 74.6 Å². The summed E-state index contributed by atoms with van der Waals surface area (Å²) in [4.78, 5) is 20.3. The molecule has 0 aliphatic heterocycles. The number of hydrogen-bond acceptors (Lipinski definition) is 2. The minimum atomic E-state index is -0.740. The van der Waals surface area contributed by atoms with Gasteiger partial charge < -0.3 is 10.2 Å². The first-order valence-corrected chi connectivity index (χ1v) is 5.06. The molecule has 0 rings (SSSR count). The summed E-state index contributed by atoms with van der Waals surface area (Å²) in [6.07, 6.45) is 5.82. The second kappa shape index (κ2) is 11.6. The Hall–Kier alpha value is -0.463. The summed E-state index contributed by atoms with van der Waals surface area (Å²) in [5.74, 6) is -1.48. The molecule has 15 heavy (non-hydrogen) atoms. The number of carboxylic acids is 2. The molecule has 0 heterocycles. The predicted octanol–water partition coefficient (Wildman–Crippen LogP) is 1.90. The van der Waals surface area contributed by atoms with Gasteiger partial charge in [-0.2, -0.15) is 0 Å². The molecule has 0 aromatic rings. The first-order valence-electron chi connectivity index (χ1n) is 5.06. The van der Waals surface area contributed by atoms with Gasteiger partial charge in [-0.15, -0.1) is 0 Å². The van der Waals surface area contributed by atoms with Crippen LogP contribution >= 0.6 is 0 Å². The largest absolute Gasteiger partial charge is 0.481 e. The standard InChI is InChI=1S/C10H18O4.Li/c11-9(12)7-5-3-1-2-4-6-8-10(13)14;/h1-8H2,(H,11,12)(H,13,14);. The number of aliphatic carboxylic acids is 2. The Labute approximate surface area is 102 Å². The molecular weight excluding hydrogens is 191 g/mol. The fourth-order valence-electron chi connectivity index (χ4n) is 1.26. The summed E-state index contributed by atoms with van der Waals surface area (Å²) in [5, 5.41) is 16.7. The quantitative estimate of drug-likeness (QED) is 0.449. The molecule has 0 saturated carbocycles. The van der Waals surface area contributed by atoms with Gasteiger partial charge in [-0.05, 0) is 12.8 Å². The molecule has 0 fully saturated rings. The number of hydrogen-bond donors (Lipinski definition) is 2. The summed E-state index contributed by atoms with van der Waals surface area (Å²) < 4.78 is 0. The first kappa shape index (κ1) is 16.9. The van der Waals surface area contributed by atoms with Crippen molar-refractivity contribution in [2.75, 3.05) is 0 Å². The van der Waals surface area contributed by atoms with E-state index in [1.54, 1.807) is 0 Å². The van der Waals surface area contributed by atoms with E-state index in [0.29, 0.717) is 0 Å². The minimum absolute atomic E-state index is 0. The maximum atomic E-state index is 10.1. The molecule has 0 unspecified atom stereocenters. The van der Waals surface area contributed by atoms with Crippen molar-refractivity contribution in [2.24, 2.45) is 0 Å². The van der Waals surface area contributed by atoms with Gasteiger partial charge in [-0.25, -0.2) is 0 Å². The summed E-state index contributed by atoms with van der Waals surface area (Å²) in [7, 11) is 0. The maximum Gasteiger partial charge on any atom is 0.303 e. The Bertz CT molecular complexity index is 162. The van der Waals surface area contributed by atoms with Gasteiger partial charge in [0.15, 0.2) is 0 Å². The summed E-state index contributed by atoms with van der Waals surface area (Å²) in [6, 6.07) is 0. The average Bonchev–Trinajstić information content (AvgIpc) is 2.08. The van der Waals surface area contributed by atoms with Crippen LogP contribution in [0.5, 0.6) is 0 Å². The normalized spacial score (nSPS) is 9.33. The van der Waals surface area contributed by atoms with Crippen molar-refractivity contribution in [2.45, 2.75) is 51.4 Å². The molecule has 5 heteroatoms. The molecule has 4 nitrogen and oxygen atoms in total. The van der Waals surface area contributed by atoms with Crippen molar-refractivity contribution >= 4 is 30.8 Å². The molecule has 0 aromatic carbocycles. The third-order valence-electron chi connectivity index (χ3n) is 2.03. The summed E-state index contributed by atoms with van der Waals surface area (Å²) in [5.41, 5.74) is 0. The van der Waals surface area contributed by atoms with Crippen molar-refractivity contribution in [3.05, 3.63) is 0 Å². The van der Waals surface area contributed by atoms with Gasteiger partial charge in [0, 0.05) is 31.7 Å². The fraction of sp³-hybridized carbons (Fsp3) is 0.800. The van der Waals surface area contributed by atoms with E-state index in [-0.39, 0.29) is 31.7 Å². The van der Waals surface area contributed by atoms with Gasteiger partial charge in [0.05, 0.1) is 0 Å². The number of carbonyl (C=O) groups is 2. The molecule has 0 aliphatic rings. The third kappa shape index (κ3) is 16.2. The summed E-state index contributed by atoms with van der Waals surface area (Å²) in [6.45, 7) is 0. The number of unbranched alkanes of at least 4 members (excludes halogenated alkanes) is 5. The Morgan fingerprint density at radius 1 is 0.667 bits per heavy atom. The van der Waals surface area contributed by atoms with E-state index < -0.39 is 11.9 Å². The van der Waals surface area contributed by atoms with Crippen LogP contribution in [0.3, 0.4) is 0 Å². The third-order valence-corrected chi connectivity index (χ3v) is 2.03. The zero-order chi connectivity index (χ0) is 10.8. The molecule has 2 N–H and O–H groups in total. The van der Waals surface area contributed by atoms with Gasteiger partial charge in [0.25, 0.3) is 0 Å². The van der Waals surface area contributed by atoms with E-state index in [1.807, 2.05) is 0 Å². The van der Waals surface area contributed by atoms with Gasteiger partial charge in [0.2, 0.25) is 0 Å². The van der Waals surface area contributed by atoms with Crippen molar-refractivity contribution in [1.82, 2.24) is 0 Å². The van der Waals surface area contributed by atoms with E-state index in [9.17, 15) is 9.59 Å². The van der Waals surface area contributed by atoms with E-state index in [2.05, 4.69) is 0 Å². The molecule has 0 amide bonds. The molecule has 0 atom stereocenters. The second-order valence-corrected chi connectivity index (χ2v) is 3.41. The predicted molar refractivity (Wildman–Crippen MR) is 58.0 cm³/mol. The monoisotopic (exact) mass is 209 g/mol. The SMILES string of the molecule is O=C(O)CCCCCCCCC(=O)O.[Li]. The second-order valence-electron chi connectivity index (χ2n) is 3.41. The number of carboxylic acid groups (broad SMARTS) is 2. The van der Waals surface area contributed by atoms with Crippen LogP contribution in [0.25, 0.3) is 0 Å². The molecule has 0 spiro atoms. The van der Waals surface area contributed by atoms with Crippen LogP contribution in [-0.2, 0) is 9.59 Å². The Morgan fingerprint density at radius 2 is 0.933 bits per heavy atom. The first-order chi connectivity index (χ1) is 6.63. The van der Waals surface area contributed by atoms with Crippen LogP contribution in [0.4, 0.5) is 0 Å². The smallest absolute Gasteiger partial charge is 0.303 e. The summed E-state index contributed by atoms with van der Waals surface area (Å²) >= 11 is 0. The van der Waals surface area contributed by atoms with Crippen molar-refractivity contribution < 1.29 is 19.8 Å². The Kier molecular flexibility index (Phi) is 13.1. The van der Waals surface area contributed by atoms with Crippen LogP contribution in [0.2, 0.25) is 0 Å². The average molecular weight is 209 g/mol. The molecule has 83 valence electrons. The zero-order valence-corrected chi connectivity index (χ0v) is 9.37. The van der Waals surface area contributed by atoms with Gasteiger partial charge in [-0.1, -0.05) is 25.7 Å². The van der Waals surface area contributed by atoms with Gasteiger partial charge in [-0.3, -0.25) is 9.59 Å². The van der Waals surface area contributed by atoms with Crippen LogP contribution in [0.1, 0.15) is 51.4 Å². The molecular formula is C10H18LiO4. The number of rotatable bonds is 9. The Morgan fingerprint density at radius 3 is 1.20 bits per heavy atom. The van der Waals surface area contributed by atoms with Crippen molar-refractivity contribution in [3.8, 4) is 0 Å². The fourth-order valence-corrected chi connectivity index (χ4v) is 1.26. The minimum Gasteiger partial charge on any atom is -0.481 e. The van der Waals surface area contributed by atoms with Crippen molar-refractivity contribution in [3.63, 3.8) is 0 Å². The van der Waals surface area contributed by atoms with Crippen LogP contribution in [-0.4, -0.2) is 41.0 Å². The van der Waals surface area contributed by atoms with Gasteiger partial charge >= 0.3 is 11.9 Å². The van der Waals surface area contributed by atoms with E-state index in [4.69, 9.17) is 10.2 Å². The zero-order valence-electron chi connectivity index (χ0n) is 9.37. The van der Waals surface area contributed by atoms with E-state index >= 15 is 0 Å². The maximum absolute atomic E-state index is 10.1. The van der Waals surface area contributed by atoms with Crippen LogP contribution < -0.4 is 0 Å². The van der Waals surface area contributed by atoms with E-state index in [1.165, 1.54) is 0 Å². The van der Waals surface area contributed by atoms with E-state index in [0.717, 1.165) is 38.5 Å². The van der Waals surface area contributed by atoms with Crippen LogP contribution in [0, 0.1) is 0 Å². The molecule has 0 aromatic heterocycles. The molecule has 0 aliphatic carbocycles. The molecule has 1 radical (unpaired) electrons. The van der Waals surface area contributed by atoms with Crippen LogP contribution in [0.15, 0.2) is 0 Å². The van der Waals surface area contributed by atoms with Crippen molar-refractivity contribution in [1.29, 1.82) is 0 Å². The molecule has 0 saturated heterocycles. The molecule has 0 bridgehead atoms. The van der Waals surface area contributed by atoms with Gasteiger partial charge in [0.1, 0.15) is 0 Å². The Balaban J connectivity index is 0.